The zero-order valence-electron chi connectivity index (χ0n) is 17.3. The third-order valence-electron chi connectivity index (χ3n) is 5.35. The first kappa shape index (κ1) is 21.5. The van der Waals surface area contributed by atoms with E-state index in [1.54, 1.807) is 11.4 Å². The van der Waals surface area contributed by atoms with Crippen molar-refractivity contribution in [1.29, 1.82) is 0 Å². The van der Waals surface area contributed by atoms with Gasteiger partial charge in [0.1, 0.15) is 0 Å². The van der Waals surface area contributed by atoms with Crippen LogP contribution < -0.4 is 10.6 Å². The molecule has 1 aromatic heterocycles. The van der Waals surface area contributed by atoms with Gasteiger partial charge in [0.2, 0.25) is 5.91 Å². The Morgan fingerprint density at radius 2 is 1.79 bits per heavy atom. The molecule has 0 aliphatic carbocycles. The molecular formula is C23H31N3O2S. The minimum atomic E-state index is -0.130. The van der Waals surface area contributed by atoms with E-state index in [0.717, 1.165) is 37.0 Å². The molecule has 2 atom stereocenters. The Hall–Kier alpha value is -2.18. The minimum absolute atomic E-state index is 0.0503. The largest absolute Gasteiger partial charge is 0.352 e. The maximum atomic E-state index is 12.2. The summed E-state index contributed by atoms with van der Waals surface area (Å²) in [6.07, 6.45) is 1.58. The van der Waals surface area contributed by atoms with E-state index in [1.807, 2.05) is 11.4 Å². The van der Waals surface area contributed by atoms with Gasteiger partial charge in [-0.2, -0.15) is 11.3 Å². The lowest BCUT2D eigenvalue weighted by molar-refractivity contribution is -0.121. The van der Waals surface area contributed by atoms with Gasteiger partial charge in [-0.25, -0.2) is 0 Å². The summed E-state index contributed by atoms with van der Waals surface area (Å²) in [6, 6.07) is 10.1. The molecule has 1 aromatic carbocycles. The molecule has 1 saturated heterocycles. The summed E-state index contributed by atoms with van der Waals surface area (Å²) in [5, 5.41) is 9.45. The van der Waals surface area contributed by atoms with Crippen LogP contribution in [-0.4, -0.2) is 36.3 Å². The second kappa shape index (κ2) is 10.6. The molecule has 5 nitrogen and oxygen atoms in total. The van der Waals surface area contributed by atoms with Gasteiger partial charge in [0, 0.05) is 50.1 Å². The molecule has 29 heavy (non-hydrogen) atoms. The SMILES string of the molecule is CC1CC(C)CN(Cc2ccccc2CNC(=O)CCNC(=O)c2ccsc2)C1. The zero-order chi connectivity index (χ0) is 20.6. The molecule has 3 rings (SSSR count). The number of hydrogen-bond acceptors (Lipinski definition) is 4. The molecule has 2 unspecified atom stereocenters. The molecule has 156 valence electrons. The van der Waals surface area contributed by atoms with Crippen LogP contribution in [-0.2, 0) is 17.9 Å². The van der Waals surface area contributed by atoms with Crippen LogP contribution in [0.1, 0.15) is 48.2 Å². The third-order valence-corrected chi connectivity index (χ3v) is 6.04. The van der Waals surface area contributed by atoms with E-state index >= 15 is 0 Å². The van der Waals surface area contributed by atoms with Crippen molar-refractivity contribution in [2.45, 2.75) is 39.8 Å². The Bertz CT molecular complexity index is 796. The molecular weight excluding hydrogens is 382 g/mol. The fourth-order valence-corrected chi connectivity index (χ4v) is 4.75. The predicted molar refractivity (Wildman–Crippen MR) is 118 cm³/mol. The summed E-state index contributed by atoms with van der Waals surface area (Å²) < 4.78 is 0. The number of piperidine rings is 1. The number of hydrogen-bond donors (Lipinski definition) is 2. The lowest BCUT2D eigenvalue weighted by atomic mass is 9.91. The van der Waals surface area contributed by atoms with Gasteiger partial charge in [-0.1, -0.05) is 38.1 Å². The maximum absolute atomic E-state index is 12.2. The van der Waals surface area contributed by atoms with Crippen molar-refractivity contribution in [3.63, 3.8) is 0 Å². The molecule has 1 aliphatic rings. The standard InChI is InChI=1S/C23H31N3O2S/c1-17-11-18(2)14-26(13-17)15-20-6-4-3-5-19(20)12-25-22(27)7-9-24-23(28)21-8-10-29-16-21/h3-6,8,10,16-18H,7,9,11-15H2,1-2H3,(H,24,28)(H,25,27). The molecule has 0 saturated carbocycles. The van der Waals surface area contributed by atoms with Crippen LogP contribution in [0, 0.1) is 11.8 Å². The van der Waals surface area contributed by atoms with Gasteiger partial charge < -0.3 is 10.6 Å². The van der Waals surface area contributed by atoms with Crippen LogP contribution >= 0.6 is 11.3 Å². The molecule has 0 spiro atoms. The van der Waals surface area contributed by atoms with E-state index in [-0.39, 0.29) is 18.2 Å². The van der Waals surface area contributed by atoms with E-state index in [1.165, 1.54) is 23.3 Å². The molecule has 2 amide bonds. The maximum Gasteiger partial charge on any atom is 0.252 e. The number of benzene rings is 1. The van der Waals surface area contributed by atoms with Crippen molar-refractivity contribution < 1.29 is 9.59 Å². The van der Waals surface area contributed by atoms with Crippen molar-refractivity contribution in [2.24, 2.45) is 11.8 Å². The molecule has 2 N–H and O–H groups in total. The van der Waals surface area contributed by atoms with Crippen molar-refractivity contribution >= 4 is 23.2 Å². The number of thiophene rings is 1. The number of nitrogens with zero attached hydrogens (tertiary/aromatic N) is 1. The van der Waals surface area contributed by atoms with Gasteiger partial charge in [0.05, 0.1) is 0 Å². The summed E-state index contributed by atoms with van der Waals surface area (Å²) >= 11 is 1.48. The molecule has 2 heterocycles. The smallest absolute Gasteiger partial charge is 0.252 e. The first-order chi connectivity index (χ1) is 14.0. The fraction of sp³-hybridized carbons (Fsp3) is 0.478. The molecule has 6 heteroatoms. The molecule has 0 bridgehead atoms. The van der Waals surface area contributed by atoms with Crippen molar-refractivity contribution in [3.05, 3.63) is 57.8 Å². The van der Waals surface area contributed by atoms with Crippen LogP contribution in [0.2, 0.25) is 0 Å². The fourth-order valence-electron chi connectivity index (χ4n) is 4.11. The second-order valence-corrected chi connectivity index (χ2v) is 8.98. The third kappa shape index (κ3) is 6.68. The average Bonchev–Trinajstić information content (AvgIpc) is 3.21. The summed E-state index contributed by atoms with van der Waals surface area (Å²) in [5.41, 5.74) is 3.08. The zero-order valence-corrected chi connectivity index (χ0v) is 18.1. The Kier molecular flexibility index (Phi) is 7.83. The van der Waals surface area contributed by atoms with Crippen LogP contribution in [0.25, 0.3) is 0 Å². The highest BCUT2D eigenvalue weighted by Gasteiger charge is 2.22. The highest BCUT2D eigenvalue weighted by molar-refractivity contribution is 7.08. The quantitative estimate of drug-likeness (QED) is 0.694. The summed E-state index contributed by atoms with van der Waals surface area (Å²) in [5.74, 6) is 1.28. The van der Waals surface area contributed by atoms with Crippen molar-refractivity contribution in [3.8, 4) is 0 Å². The number of likely N-dealkylation sites (tertiary alicyclic amines) is 1. The Balaban J connectivity index is 1.45. The van der Waals surface area contributed by atoms with Gasteiger partial charge in [-0.3, -0.25) is 14.5 Å². The second-order valence-electron chi connectivity index (χ2n) is 8.20. The van der Waals surface area contributed by atoms with Crippen LogP contribution in [0.5, 0.6) is 0 Å². The Labute approximate surface area is 177 Å². The van der Waals surface area contributed by atoms with Gasteiger partial charge in [0.15, 0.2) is 0 Å². The number of carbonyl (C=O) groups is 2. The normalized spacial score (nSPS) is 19.7. The van der Waals surface area contributed by atoms with Crippen LogP contribution in [0.3, 0.4) is 0 Å². The summed E-state index contributed by atoms with van der Waals surface area (Å²) in [4.78, 5) is 26.6. The molecule has 2 aromatic rings. The Morgan fingerprint density at radius 3 is 2.48 bits per heavy atom. The molecule has 1 aliphatic heterocycles. The lowest BCUT2D eigenvalue weighted by Crippen LogP contribution is -2.38. The molecule has 1 fully saturated rings. The van der Waals surface area contributed by atoms with E-state index in [2.05, 4.69) is 47.6 Å². The summed E-state index contributed by atoms with van der Waals surface area (Å²) in [7, 11) is 0. The monoisotopic (exact) mass is 413 g/mol. The lowest BCUT2D eigenvalue weighted by Gasteiger charge is -2.35. The van der Waals surface area contributed by atoms with Crippen LogP contribution in [0.15, 0.2) is 41.1 Å². The van der Waals surface area contributed by atoms with E-state index in [9.17, 15) is 9.59 Å². The van der Waals surface area contributed by atoms with E-state index < -0.39 is 0 Å². The van der Waals surface area contributed by atoms with Gasteiger partial charge in [0.25, 0.3) is 5.91 Å². The highest BCUT2D eigenvalue weighted by atomic mass is 32.1. The highest BCUT2D eigenvalue weighted by Crippen LogP contribution is 2.23. The van der Waals surface area contributed by atoms with E-state index in [0.29, 0.717) is 18.7 Å². The molecule has 0 radical (unpaired) electrons. The van der Waals surface area contributed by atoms with Gasteiger partial charge in [-0.15, -0.1) is 0 Å². The number of carbonyl (C=O) groups excluding carboxylic acids is 2. The van der Waals surface area contributed by atoms with Crippen molar-refractivity contribution in [1.82, 2.24) is 15.5 Å². The topological polar surface area (TPSA) is 61.4 Å². The predicted octanol–water partition coefficient (Wildman–Crippen LogP) is 3.66. The summed E-state index contributed by atoms with van der Waals surface area (Å²) in [6.45, 7) is 8.71. The van der Waals surface area contributed by atoms with E-state index in [4.69, 9.17) is 0 Å². The number of nitrogens with one attached hydrogen (secondary N) is 2. The number of amides is 2. The van der Waals surface area contributed by atoms with Crippen molar-refractivity contribution in [2.75, 3.05) is 19.6 Å². The van der Waals surface area contributed by atoms with Gasteiger partial charge in [-0.05, 0) is 40.8 Å². The Morgan fingerprint density at radius 1 is 1.07 bits per heavy atom. The number of rotatable bonds is 8. The first-order valence-corrected chi connectivity index (χ1v) is 11.3. The average molecular weight is 414 g/mol. The van der Waals surface area contributed by atoms with Gasteiger partial charge >= 0.3 is 0 Å². The minimum Gasteiger partial charge on any atom is -0.352 e. The first-order valence-electron chi connectivity index (χ1n) is 10.4. The van der Waals surface area contributed by atoms with Crippen LogP contribution in [0.4, 0.5) is 0 Å².